The molecule has 0 spiro atoms. The summed E-state index contributed by atoms with van der Waals surface area (Å²) >= 11 is 0. The highest BCUT2D eigenvalue weighted by atomic mass is 32.2. The van der Waals surface area contributed by atoms with Crippen LogP contribution in [0, 0.1) is 11.3 Å². The van der Waals surface area contributed by atoms with Gasteiger partial charge >= 0.3 is 5.97 Å². The highest BCUT2D eigenvalue weighted by molar-refractivity contribution is 7.91. The van der Waals surface area contributed by atoms with Crippen molar-refractivity contribution < 1.29 is 18.3 Å². The fourth-order valence-electron chi connectivity index (χ4n) is 2.40. The second-order valence-electron chi connectivity index (χ2n) is 4.96. The van der Waals surface area contributed by atoms with Crippen molar-refractivity contribution in [3.8, 4) is 6.07 Å². The van der Waals surface area contributed by atoms with Gasteiger partial charge in [-0.2, -0.15) is 5.26 Å². The minimum Gasteiger partial charge on any atom is -0.481 e. The molecule has 0 aromatic carbocycles. The van der Waals surface area contributed by atoms with E-state index in [1.165, 1.54) is 6.20 Å². The van der Waals surface area contributed by atoms with Crippen molar-refractivity contribution in [2.75, 3.05) is 18.1 Å². The predicted octanol–water partition coefficient (Wildman–Crippen LogP) is 0.0270. The molecule has 7 nitrogen and oxygen atoms in total. The molecule has 1 saturated heterocycles. The Kier molecular flexibility index (Phi) is 4.55. The fourth-order valence-corrected chi connectivity index (χ4v) is 4.00. The van der Waals surface area contributed by atoms with E-state index in [0.29, 0.717) is 12.1 Å². The summed E-state index contributed by atoms with van der Waals surface area (Å²) in [4.78, 5) is 16.7. The lowest BCUT2D eigenvalue weighted by Crippen LogP contribution is -2.48. The average Bonchev–Trinajstić information content (AvgIpc) is 2.41. The Morgan fingerprint density at radius 1 is 1.57 bits per heavy atom. The zero-order valence-electron chi connectivity index (χ0n) is 11.3. The molecule has 1 unspecified atom stereocenters. The molecule has 1 aromatic heterocycles. The number of carboxylic acids is 1. The standard InChI is InChI=1S/C13H15N3O4S/c14-7-12-10(2-1-3-15-12)8-16-4-5-21(19,20)9-11(16)6-13(17)18/h1-3,11H,4-6,8-9H2,(H,17,18). The number of hydrogen-bond acceptors (Lipinski definition) is 6. The number of sulfone groups is 1. The van der Waals surface area contributed by atoms with Crippen molar-refractivity contribution in [3.05, 3.63) is 29.6 Å². The van der Waals surface area contributed by atoms with Crippen molar-refractivity contribution >= 4 is 15.8 Å². The minimum absolute atomic E-state index is 0.00523. The number of rotatable bonds is 4. The molecule has 0 amide bonds. The number of pyridine rings is 1. The lowest BCUT2D eigenvalue weighted by atomic mass is 10.1. The Balaban J connectivity index is 2.20. The van der Waals surface area contributed by atoms with Crippen molar-refractivity contribution in [2.24, 2.45) is 0 Å². The largest absolute Gasteiger partial charge is 0.481 e. The van der Waals surface area contributed by atoms with Gasteiger partial charge in [0.15, 0.2) is 9.84 Å². The molecule has 0 radical (unpaired) electrons. The van der Waals surface area contributed by atoms with Gasteiger partial charge < -0.3 is 5.11 Å². The molecule has 1 aliphatic rings. The zero-order valence-corrected chi connectivity index (χ0v) is 12.1. The summed E-state index contributed by atoms with van der Waals surface area (Å²) < 4.78 is 23.4. The van der Waals surface area contributed by atoms with E-state index in [2.05, 4.69) is 4.98 Å². The number of nitrogens with zero attached hydrogens (tertiary/aromatic N) is 3. The third-order valence-corrected chi connectivity index (χ3v) is 5.13. The van der Waals surface area contributed by atoms with E-state index in [1.807, 2.05) is 6.07 Å². The normalized spacial score (nSPS) is 21.6. The van der Waals surface area contributed by atoms with Crippen molar-refractivity contribution in [3.63, 3.8) is 0 Å². The Hall–Kier alpha value is -1.98. The minimum atomic E-state index is -3.20. The van der Waals surface area contributed by atoms with Crippen LogP contribution in [0.4, 0.5) is 0 Å². The Labute approximate surface area is 122 Å². The van der Waals surface area contributed by atoms with Crippen molar-refractivity contribution in [1.29, 1.82) is 5.26 Å². The molecule has 8 heteroatoms. The maximum absolute atomic E-state index is 11.7. The van der Waals surface area contributed by atoms with Crippen LogP contribution in [0.3, 0.4) is 0 Å². The van der Waals surface area contributed by atoms with Crippen LogP contribution in [0.1, 0.15) is 17.7 Å². The molecule has 2 heterocycles. The van der Waals surface area contributed by atoms with Crippen LogP contribution in [0.15, 0.2) is 18.3 Å². The van der Waals surface area contributed by atoms with Crippen LogP contribution in [0.2, 0.25) is 0 Å². The van der Waals surface area contributed by atoms with Gasteiger partial charge in [0.25, 0.3) is 0 Å². The van der Waals surface area contributed by atoms with Gasteiger partial charge in [-0.25, -0.2) is 13.4 Å². The average molecular weight is 309 g/mol. The molecule has 112 valence electrons. The molecule has 1 atom stereocenters. The summed E-state index contributed by atoms with van der Waals surface area (Å²) in [6, 6.07) is 4.85. The number of carbonyl (C=O) groups is 1. The van der Waals surface area contributed by atoms with E-state index in [9.17, 15) is 13.2 Å². The third-order valence-electron chi connectivity index (χ3n) is 3.43. The van der Waals surface area contributed by atoms with Gasteiger partial charge in [-0.05, 0) is 6.07 Å². The predicted molar refractivity (Wildman–Crippen MR) is 74.1 cm³/mol. The van der Waals surface area contributed by atoms with E-state index >= 15 is 0 Å². The molecule has 0 saturated carbocycles. The Morgan fingerprint density at radius 2 is 2.33 bits per heavy atom. The van der Waals surface area contributed by atoms with Gasteiger partial charge in [-0.1, -0.05) is 6.07 Å². The molecule has 2 rings (SSSR count). The first-order chi connectivity index (χ1) is 9.91. The maximum atomic E-state index is 11.7. The summed E-state index contributed by atoms with van der Waals surface area (Å²) in [6.07, 6.45) is 1.28. The van der Waals surface area contributed by atoms with Gasteiger partial charge in [0.1, 0.15) is 11.8 Å². The van der Waals surface area contributed by atoms with Gasteiger partial charge in [0.2, 0.25) is 0 Å². The topological polar surface area (TPSA) is 111 Å². The van der Waals surface area contributed by atoms with Crippen LogP contribution in [-0.2, 0) is 21.2 Å². The molecule has 0 bridgehead atoms. The first-order valence-corrected chi connectivity index (χ1v) is 8.23. The first-order valence-electron chi connectivity index (χ1n) is 6.41. The van der Waals surface area contributed by atoms with Crippen LogP contribution in [0.5, 0.6) is 0 Å². The summed E-state index contributed by atoms with van der Waals surface area (Å²) in [6.45, 7) is 0.588. The van der Waals surface area contributed by atoms with Crippen LogP contribution >= 0.6 is 0 Å². The molecule has 0 aliphatic carbocycles. The lowest BCUT2D eigenvalue weighted by Gasteiger charge is -2.34. The van der Waals surface area contributed by atoms with Crippen LogP contribution in [-0.4, -0.2) is 53.5 Å². The summed E-state index contributed by atoms with van der Waals surface area (Å²) in [5.74, 6) is -1.19. The molecular weight excluding hydrogens is 294 g/mol. The molecule has 1 aromatic rings. The Morgan fingerprint density at radius 3 is 3.00 bits per heavy atom. The number of aromatic nitrogens is 1. The number of hydrogen-bond donors (Lipinski definition) is 1. The molecular formula is C13H15N3O4S. The van der Waals surface area contributed by atoms with Gasteiger partial charge in [0.05, 0.1) is 17.9 Å². The summed E-state index contributed by atoms with van der Waals surface area (Å²) in [5.41, 5.74) is 0.953. The SMILES string of the molecule is N#Cc1ncccc1CN1CCS(=O)(=O)CC1CC(=O)O. The molecule has 1 N–H and O–H groups in total. The van der Waals surface area contributed by atoms with Crippen molar-refractivity contribution in [1.82, 2.24) is 9.88 Å². The number of carboxylic acid groups (broad SMARTS) is 1. The second kappa shape index (κ2) is 6.20. The van der Waals surface area contributed by atoms with Crippen molar-refractivity contribution in [2.45, 2.75) is 19.0 Å². The zero-order chi connectivity index (χ0) is 15.5. The number of aliphatic carboxylic acids is 1. The van der Waals surface area contributed by atoms with E-state index in [1.54, 1.807) is 17.0 Å². The van der Waals surface area contributed by atoms with E-state index in [-0.39, 0.29) is 30.2 Å². The lowest BCUT2D eigenvalue weighted by molar-refractivity contribution is -0.138. The monoisotopic (exact) mass is 309 g/mol. The Bertz CT molecular complexity index is 681. The second-order valence-corrected chi connectivity index (χ2v) is 7.19. The first kappa shape index (κ1) is 15.4. The smallest absolute Gasteiger partial charge is 0.304 e. The summed E-state index contributed by atoms with van der Waals surface area (Å²) in [5, 5.41) is 18.0. The number of nitriles is 1. The molecule has 1 aliphatic heterocycles. The quantitative estimate of drug-likeness (QED) is 0.835. The van der Waals surface area contributed by atoms with E-state index in [4.69, 9.17) is 10.4 Å². The van der Waals surface area contributed by atoms with Crippen LogP contribution in [0.25, 0.3) is 0 Å². The highest BCUT2D eigenvalue weighted by Gasteiger charge is 2.32. The molecule has 21 heavy (non-hydrogen) atoms. The van der Waals surface area contributed by atoms with Gasteiger partial charge in [-0.3, -0.25) is 9.69 Å². The maximum Gasteiger partial charge on any atom is 0.304 e. The highest BCUT2D eigenvalue weighted by Crippen LogP contribution is 2.19. The summed E-state index contributed by atoms with van der Waals surface area (Å²) in [7, 11) is -3.20. The van der Waals surface area contributed by atoms with Gasteiger partial charge in [-0.15, -0.1) is 0 Å². The third kappa shape index (κ3) is 4.00. The molecule has 1 fully saturated rings. The van der Waals surface area contributed by atoms with Crippen LogP contribution < -0.4 is 0 Å². The van der Waals surface area contributed by atoms with E-state index < -0.39 is 21.8 Å². The van der Waals surface area contributed by atoms with E-state index in [0.717, 1.165) is 0 Å². The van der Waals surface area contributed by atoms with Gasteiger partial charge in [0, 0.05) is 30.9 Å². The fraction of sp³-hybridized carbons (Fsp3) is 0.462.